The number of rotatable bonds is 6. The van der Waals surface area contributed by atoms with Crippen LogP contribution in [0.1, 0.15) is 44.9 Å². The molecule has 4 bridgehead atoms. The molecular formula is C18H28N4O3. The van der Waals surface area contributed by atoms with Gasteiger partial charge in [-0.05, 0) is 56.3 Å². The SMILES string of the molecule is O=C(CC(=O)NC12CC3CC(CC(C3)C1)C2)NCCN1CCNC1=O. The molecule has 7 nitrogen and oxygen atoms in total. The highest BCUT2D eigenvalue weighted by Crippen LogP contribution is 2.55. The fourth-order valence-electron chi connectivity index (χ4n) is 5.87. The van der Waals surface area contributed by atoms with Gasteiger partial charge in [-0.1, -0.05) is 0 Å². The lowest BCUT2D eigenvalue weighted by Crippen LogP contribution is -2.60. The fourth-order valence-corrected chi connectivity index (χ4v) is 5.87. The van der Waals surface area contributed by atoms with Crippen molar-refractivity contribution in [2.75, 3.05) is 26.2 Å². The Morgan fingerprint density at radius 2 is 1.72 bits per heavy atom. The third-order valence-electron chi connectivity index (χ3n) is 6.41. The molecule has 5 aliphatic rings. The molecule has 0 radical (unpaired) electrons. The number of nitrogens with zero attached hydrogens (tertiary/aromatic N) is 1. The first-order chi connectivity index (χ1) is 12.0. The number of hydrogen-bond acceptors (Lipinski definition) is 3. The standard InChI is InChI=1S/C18H28N4O3/c23-15(19-1-3-22-4-2-20-17(22)25)8-16(24)21-18-9-12-5-13(10-18)7-14(6-12)11-18/h12-14H,1-11H2,(H,19,23)(H,20,25)(H,21,24). The Morgan fingerprint density at radius 3 is 2.28 bits per heavy atom. The van der Waals surface area contributed by atoms with Crippen molar-refractivity contribution in [1.82, 2.24) is 20.9 Å². The Balaban J connectivity index is 1.21. The summed E-state index contributed by atoms with van der Waals surface area (Å²) in [4.78, 5) is 37.4. The summed E-state index contributed by atoms with van der Waals surface area (Å²) >= 11 is 0. The van der Waals surface area contributed by atoms with Gasteiger partial charge in [-0.25, -0.2) is 4.79 Å². The molecule has 0 aromatic rings. The molecule has 0 aromatic heterocycles. The molecular weight excluding hydrogens is 320 g/mol. The lowest BCUT2D eigenvalue weighted by molar-refractivity contribution is -0.132. The van der Waals surface area contributed by atoms with Gasteiger partial charge in [0.15, 0.2) is 0 Å². The Kier molecular flexibility index (Phi) is 4.33. The molecule has 4 aliphatic carbocycles. The van der Waals surface area contributed by atoms with Gasteiger partial charge in [-0.3, -0.25) is 9.59 Å². The van der Waals surface area contributed by atoms with E-state index in [0.29, 0.717) is 26.2 Å². The Hall–Kier alpha value is -1.79. The van der Waals surface area contributed by atoms with Crippen LogP contribution < -0.4 is 16.0 Å². The largest absolute Gasteiger partial charge is 0.354 e. The second-order valence-electron chi connectivity index (χ2n) is 8.49. The summed E-state index contributed by atoms with van der Waals surface area (Å²) in [5, 5.41) is 8.69. The number of amides is 4. The average molecular weight is 348 g/mol. The zero-order chi connectivity index (χ0) is 17.4. The molecule has 0 unspecified atom stereocenters. The van der Waals surface area contributed by atoms with E-state index in [9.17, 15) is 14.4 Å². The van der Waals surface area contributed by atoms with Gasteiger partial charge in [-0.2, -0.15) is 0 Å². The second-order valence-corrected chi connectivity index (χ2v) is 8.49. The second kappa shape index (κ2) is 6.50. The fraction of sp³-hybridized carbons (Fsp3) is 0.833. The molecule has 138 valence electrons. The van der Waals surface area contributed by atoms with Gasteiger partial charge < -0.3 is 20.9 Å². The predicted octanol–water partition coefficient (Wildman–Crippen LogP) is 0.603. The van der Waals surface area contributed by atoms with Crippen LogP contribution in [0.5, 0.6) is 0 Å². The van der Waals surface area contributed by atoms with E-state index in [4.69, 9.17) is 0 Å². The van der Waals surface area contributed by atoms with Gasteiger partial charge >= 0.3 is 6.03 Å². The van der Waals surface area contributed by atoms with Crippen LogP contribution in [0.3, 0.4) is 0 Å². The van der Waals surface area contributed by atoms with Gasteiger partial charge in [0.1, 0.15) is 6.42 Å². The summed E-state index contributed by atoms with van der Waals surface area (Å²) < 4.78 is 0. The maximum absolute atomic E-state index is 12.4. The zero-order valence-corrected chi connectivity index (χ0v) is 14.7. The van der Waals surface area contributed by atoms with Crippen LogP contribution in [-0.4, -0.2) is 54.5 Å². The molecule has 4 amide bonds. The summed E-state index contributed by atoms with van der Waals surface area (Å²) in [7, 11) is 0. The van der Waals surface area contributed by atoms with Crippen LogP contribution >= 0.6 is 0 Å². The molecule has 7 heteroatoms. The van der Waals surface area contributed by atoms with Crippen LogP contribution in [-0.2, 0) is 9.59 Å². The number of carbonyl (C=O) groups excluding carboxylic acids is 3. The van der Waals surface area contributed by atoms with Crippen LogP contribution in [0.15, 0.2) is 0 Å². The highest BCUT2D eigenvalue weighted by molar-refractivity contribution is 5.97. The summed E-state index contributed by atoms with van der Waals surface area (Å²) in [6.07, 6.45) is 7.16. The van der Waals surface area contributed by atoms with Crippen molar-refractivity contribution in [2.45, 2.75) is 50.5 Å². The van der Waals surface area contributed by atoms with Gasteiger partial charge in [0.25, 0.3) is 0 Å². The lowest BCUT2D eigenvalue weighted by Gasteiger charge is -2.56. The Labute approximate surface area is 148 Å². The lowest BCUT2D eigenvalue weighted by atomic mass is 9.53. The van der Waals surface area contributed by atoms with Crippen LogP contribution in [0.4, 0.5) is 4.79 Å². The van der Waals surface area contributed by atoms with E-state index in [2.05, 4.69) is 16.0 Å². The molecule has 3 N–H and O–H groups in total. The minimum Gasteiger partial charge on any atom is -0.354 e. The van der Waals surface area contributed by atoms with Crippen molar-refractivity contribution in [3.05, 3.63) is 0 Å². The molecule has 0 spiro atoms. The van der Waals surface area contributed by atoms with E-state index in [-0.39, 0.29) is 29.8 Å². The first-order valence-electron chi connectivity index (χ1n) is 9.62. The van der Waals surface area contributed by atoms with Gasteiger partial charge in [-0.15, -0.1) is 0 Å². The first kappa shape index (κ1) is 16.7. The van der Waals surface area contributed by atoms with E-state index in [0.717, 1.165) is 37.0 Å². The van der Waals surface area contributed by atoms with Crippen molar-refractivity contribution in [2.24, 2.45) is 17.8 Å². The molecule has 0 aromatic carbocycles. The predicted molar refractivity (Wildman–Crippen MR) is 91.6 cm³/mol. The summed E-state index contributed by atoms with van der Waals surface area (Å²) in [6, 6.07) is -0.0891. The number of urea groups is 1. The Morgan fingerprint density at radius 1 is 1.08 bits per heavy atom. The monoisotopic (exact) mass is 348 g/mol. The average Bonchev–Trinajstić information content (AvgIpc) is 2.90. The molecule has 0 atom stereocenters. The number of hydrogen-bond donors (Lipinski definition) is 3. The van der Waals surface area contributed by atoms with Crippen LogP contribution in [0.2, 0.25) is 0 Å². The molecule has 1 heterocycles. The van der Waals surface area contributed by atoms with Crippen molar-refractivity contribution < 1.29 is 14.4 Å². The summed E-state index contributed by atoms with van der Waals surface area (Å²) in [5.74, 6) is 1.89. The van der Waals surface area contributed by atoms with E-state index in [1.165, 1.54) is 19.3 Å². The maximum Gasteiger partial charge on any atom is 0.317 e. The quantitative estimate of drug-likeness (QED) is 0.614. The van der Waals surface area contributed by atoms with Crippen molar-refractivity contribution in [3.8, 4) is 0 Å². The van der Waals surface area contributed by atoms with E-state index >= 15 is 0 Å². The third-order valence-corrected chi connectivity index (χ3v) is 6.41. The van der Waals surface area contributed by atoms with Crippen molar-refractivity contribution in [3.63, 3.8) is 0 Å². The van der Waals surface area contributed by atoms with Crippen molar-refractivity contribution >= 4 is 17.8 Å². The van der Waals surface area contributed by atoms with Gasteiger partial charge in [0.05, 0.1) is 0 Å². The Bertz CT molecular complexity index is 541. The summed E-state index contributed by atoms with van der Waals surface area (Å²) in [6.45, 7) is 2.19. The molecule has 1 aliphatic heterocycles. The molecule has 5 rings (SSSR count). The molecule has 5 fully saturated rings. The summed E-state index contributed by atoms with van der Waals surface area (Å²) in [5.41, 5.74) is -0.0419. The zero-order valence-electron chi connectivity index (χ0n) is 14.7. The number of nitrogens with one attached hydrogen (secondary N) is 3. The highest BCUT2D eigenvalue weighted by Gasteiger charge is 2.51. The van der Waals surface area contributed by atoms with Gasteiger partial charge in [0, 0.05) is 31.7 Å². The van der Waals surface area contributed by atoms with Crippen LogP contribution in [0, 0.1) is 17.8 Å². The van der Waals surface area contributed by atoms with Crippen molar-refractivity contribution in [1.29, 1.82) is 0 Å². The maximum atomic E-state index is 12.4. The number of carbonyl (C=O) groups is 3. The first-order valence-corrected chi connectivity index (χ1v) is 9.62. The van der Waals surface area contributed by atoms with Gasteiger partial charge in [0.2, 0.25) is 11.8 Å². The van der Waals surface area contributed by atoms with Crippen LogP contribution in [0.25, 0.3) is 0 Å². The molecule has 25 heavy (non-hydrogen) atoms. The highest BCUT2D eigenvalue weighted by atomic mass is 16.2. The minimum absolute atomic E-state index is 0.0419. The molecule has 4 saturated carbocycles. The van der Waals surface area contributed by atoms with E-state index < -0.39 is 0 Å². The normalized spacial score (nSPS) is 35.6. The van der Waals surface area contributed by atoms with E-state index in [1.54, 1.807) is 4.90 Å². The van der Waals surface area contributed by atoms with E-state index in [1.807, 2.05) is 0 Å². The minimum atomic E-state index is -0.262. The molecule has 1 saturated heterocycles. The third kappa shape index (κ3) is 3.60. The smallest absolute Gasteiger partial charge is 0.317 e. The topological polar surface area (TPSA) is 90.5 Å².